The van der Waals surface area contributed by atoms with Crippen molar-refractivity contribution in [2.24, 2.45) is 0 Å². The summed E-state index contributed by atoms with van der Waals surface area (Å²) >= 11 is 0. The molecule has 34 heavy (non-hydrogen) atoms. The van der Waals surface area contributed by atoms with Crippen molar-refractivity contribution < 1.29 is 14.3 Å². The van der Waals surface area contributed by atoms with E-state index in [1.54, 1.807) is 11.8 Å². The van der Waals surface area contributed by atoms with E-state index in [4.69, 9.17) is 4.74 Å². The summed E-state index contributed by atoms with van der Waals surface area (Å²) in [7, 11) is 0. The third-order valence-electron chi connectivity index (χ3n) is 5.84. The van der Waals surface area contributed by atoms with Gasteiger partial charge in [-0.25, -0.2) is 9.48 Å². The fourth-order valence-corrected chi connectivity index (χ4v) is 4.03. The van der Waals surface area contributed by atoms with Crippen molar-refractivity contribution in [1.82, 2.24) is 19.6 Å². The number of nitrogens with zero attached hydrogens (tertiary/aromatic N) is 4. The molecule has 0 unspecified atom stereocenters. The number of aryl methyl sites for hydroxylation is 2. The molecule has 8 nitrogen and oxygen atoms in total. The van der Waals surface area contributed by atoms with Crippen molar-refractivity contribution in [2.45, 2.75) is 20.4 Å². The predicted molar refractivity (Wildman–Crippen MR) is 128 cm³/mol. The Kier molecular flexibility index (Phi) is 7.18. The number of esters is 1. The van der Waals surface area contributed by atoms with Crippen molar-refractivity contribution in [3.63, 3.8) is 0 Å². The number of hydrogen-bond donors (Lipinski definition) is 0. The van der Waals surface area contributed by atoms with E-state index in [1.807, 2.05) is 30.3 Å². The second-order valence-electron chi connectivity index (χ2n) is 8.47. The molecule has 2 aromatic carbocycles. The Morgan fingerprint density at radius 1 is 0.941 bits per heavy atom. The third kappa shape index (κ3) is 5.58. The normalized spacial score (nSPS) is 14.1. The largest absolute Gasteiger partial charge is 0.451 e. The molecule has 3 aromatic rings. The van der Waals surface area contributed by atoms with Crippen LogP contribution in [0.2, 0.25) is 0 Å². The molecule has 1 aliphatic rings. The van der Waals surface area contributed by atoms with Gasteiger partial charge in [-0.2, -0.15) is 5.10 Å². The SMILES string of the molecule is Cc1cccc(CN2CCN(C(=O)COC(=O)c3nn(-c4ccccc4)c(C)cc3=O)CC2)c1. The molecular weight excluding hydrogens is 432 g/mol. The summed E-state index contributed by atoms with van der Waals surface area (Å²) in [6.07, 6.45) is 0. The highest BCUT2D eigenvalue weighted by Gasteiger charge is 2.24. The van der Waals surface area contributed by atoms with E-state index >= 15 is 0 Å². The lowest BCUT2D eigenvalue weighted by molar-refractivity contribution is -0.136. The molecule has 8 heteroatoms. The van der Waals surface area contributed by atoms with Crippen LogP contribution in [0.5, 0.6) is 0 Å². The average molecular weight is 461 g/mol. The molecule has 0 N–H and O–H groups in total. The van der Waals surface area contributed by atoms with Gasteiger partial charge in [-0.1, -0.05) is 48.0 Å². The summed E-state index contributed by atoms with van der Waals surface area (Å²) < 4.78 is 6.68. The first-order valence-corrected chi connectivity index (χ1v) is 11.3. The lowest BCUT2D eigenvalue weighted by Crippen LogP contribution is -2.49. The standard InChI is InChI=1S/C26H28N4O4/c1-19-7-6-8-21(15-19)17-28-11-13-29(14-12-28)24(32)18-34-26(33)25-23(31)16-20(2)30(27-25)22-9-4-3-5-10-22/h3-10,15-16H,11-14,17-18H2,1-2H3. The molecule has 0 saturated carbocycles. The number of ether oxygens (including phenoxy) is 1. The lowest BCUT2D eigenvalue weighted by atomic mass is 10.1. The van der Waals surface area contributed by atoms with Crippen LogP contribution in [-0.4, -0.2) is 64.2 Å². The van der Waals surface area contributed by atoms with Crippen LogP contribution in [0.3, 0.4) is 0 Å². The second-order valence-corrected chi connectivity index (χ2v) is 8.47. The van der Waals surface area contributed by atoms with Crippen LogP contribution in [0, 0.1) is 13.8 Å². The van der Waals surface area contributed by atoms with Crippen molar-refractivity contribution in [3.8, 4) is 5.69 Å². The Morgan fingerprint density at radius 2 is 1.68 bits per heavy atom. The van der Waals surface area contributed by atoms with Crippen LogP contribution < -0.4 is 5.43 Å². The Hall–Kier alpha value is -3.78. The smallest absolute Gasteiger partial charge is 0.363 e. The third-order valence-corrected chi connectivity index (χ3v) is 5.84. The van der Waals surface area contributed by atoms with Crippen LogP contribution >= 0.6 is 0 Å². The van der Waals surface area contributed by atoms with Crippen LogP contribution in [-0.2, 0) is 16.1 Å². The second kappa shape index (κ2) is 10.4. The van der Waals surface area contributed by atoms with Gasteiger partial charge in [-0.05, 0) is 31.5 Å². The summed E-state index contributed by atoms with van der Waals surface area (Å²) in [5, 5.41) is 4.19. The number of carbonyl (C=O) groups excluding carboxylic acids is 2. The van der Waals surface area contributed by atoms with Crippen LogP contribution in [0.1, 0.15) is 27.3 Å². The van der Waals surface area contributed by atoms with Crippen molar-refractivity contribution in [2.75, 3.05) is 32.8 Å². The maximum absolute atomic E-state index is 12.6. The van der Waals surface area contributed by atoms with E-state index in [2.05, 4.69) is 41.2 Å². The quantitative estimate of drug-likeness (QED) is 0.525. The molecule has 176 valence electrons. The summed E-state index contributed by atoms with van der Waals surface area (Å²) in [5.41, 5.74) is 2.91. The van der Waals surface area contributed by atoms with E-state index in [0.717, 1.165) is 19.6 Å². The molecule has 0 spiro atoms. The maximum atomic E-state index is 12.6. The van der Waals surface area contributed by atoms with Gasteiger partial charge < -0.3 is 9.64 Å². The number of hydrogen-bond acceptors (Lipinski definition) is 6. The number of amides is 1. The first kappa shape index (κ1) is 23.4. The highest BCUT2D eigenvalue weighted by Crippen LogP contribution is 2.11. The molecule has 4 rings (SSSR count). The van der Waals surface area contributed by atoms with Gasteiger partial charge in [-0.3, -0.25) is 14.5 Å². The van der Waals surface area contributed by atoms with Crippen LogP contribution in [0.15, 0.2) is 65.5 Å². The Morgan fingerprint density at radius 3 is 2.38 bits per heavy atom. The number of benzene rings is 2. The van der Waals surface area contributed by atoms with E-state index in [1.165, 1.54) is 21.9 Å². The van der Waals surface area contributed by atoms with Gasteiger partial charge in [0.05, 0.1) is 5.69 Å². The summed E-state index contributed by atoms with van der Waals surface area (Å²) in [6.45, 7) is 6.84. The number of para-hydroxylation sites is 1. The fourth-order valence-electron chi connectivity index (χ4n) is 4.03. The number of rotatable bonds is 6. The van der Waals surface area contributed by atoms with Gasteiger partial charge in [0, 0.05) is 44.5 Å². The van der Waals surface area contributed by atoms with E-state index in [9.17, 15) is 14.4 Å². The molecule has 1 aromatic heterocycles. The highest BCUT2D eigenvalue weighted by atomic mass is 16.5. The molecule has 1 fully saturated rings. The number of piperazine rings is 1. The zero-order chi connectivity index (χ0) is 24.1. The zero-order valence-corrected chi connectivity index (χ0v) is 19.4. The molecule has 0 bridgehead atoms. The first-order valence-electron chi connectivity index (χ1n) is 11.3. The molecule has 2 heterocycles. The van der Waals surface area contributed by atoms with Gasteiger partial charge in [0.1, 0.15) is 0 Å². The Labute approximate surface area is 198 Å². The minimum Gasteiger partial charge on any atom is -0.451 e. The molecule has 1 saturated heterocycles. The van der Waals surface area contributed by atoms with Gasteiger partial charge in [0.2, 0.25) is 11.1 Å². The maximum Gasteiger partial charge on any atom is 0.363 e. The topological polar surface area (TPSA) is 84.7 Å². The number of carbonyl (C=O) groups is 2. The van der Waals surface area contributed by atoms with Gasteiger partial charge in [0.25, 0.3) is 5.91 Å². The summed E-state index contributed by atoms with van der Waals surface area (Å²) in [5.74, 6) is -1.18. The minimum absolute atomic E-state index is 0.279. The fraction of sp³-hybridized carbons (Fsp3) is 0.308. The van der Waals surface area contributed by atoms with E-state index in [-0.39, 0.29) is 11.6 Å². The summed E-state index contributed by atoms with van der Waals surface area (Å²) in [4.78, 5) is 41.5. The average Bonchev–Trinajstić information content (AvgIpc) is 2.83. The van der Waals surface area contributed by atoms with Crippen molar-refractivity contribution in [1.29, 1.82) is 0 Å². The Balaban J connectivity index is 1.32. The zero-order valence-electron chi connectivity index (χ0n) is 19.4. The van der Waals surface area contributed by atoms with Gasteiger partial charge >= 0.3 is 5.97 Å². The molecule has 0 aliphatic carbocycles. The monoisotopic (exact) mass is 460 g/mol. The molecular formula is C26H28N4O4. The van der Waals surface area contributed by atoms with E-state index in [0.29, 0.717) is 24.5 Å². The predicted octanol–water partition coefficient (Wildman–Crippen LogP) is 2.35. The van der Waals surface area contributed by atoms with Crippen LogP contribution in [0.4, 0.5) is 0 Å². The molecule has 0 atom stereocenters. The van der Waals surface area contributed by atoms with Crippen molar-refractivity contribution >= 4 is 11.9 Å². The number of aromatic nitrogens is 2. The molecule has 1 aliphatic heterocycles. The highest BCUT2D eigenvalue weighted by molar-refractivity contribution is 5.89. The van der Waals surface area contributed by atoms with Crippen LogP contribution in [0.25, 0.3) is 5.69 Å². The minimum atomic E-state index is -0.902. The van der Waals surface area contributed by atoms with Gasteiger partial charge in [-0.15, -0.1) is 0 Å². The lowest BCUT2D eigenvalue weighted by Gasteiger charge is -2.34. The molecule has 0 radical (unpaired) electrons. The van der Waals surface area contributed by atoms with Crippen molar-refractivity contribution in [3.05, 3.63) is 93.4 Å². The van der Waals surface area contributed by atoms with Gasteiger partial charge in [0.15, 0.2) is 6.61 Å². The first-order chi connectivity index (χ1) is 16.4. The Bertz CT molecular complexity index is 1230. The van der Waals surface area contributed by atoms with E-state index < -0.39 is 18.0 Å². The summed E-state index contributed by atoms with van der Waals surface area (Å²) in [6, 6.07) is 18.9. The molecule has 1 amide bonds.